The van der Waals surface area contributed by atoms with Crippen LogP contribution in [0.3, 0.4) is 0 Å². The van der Waals surface area contributed by atoms with E-state index >= 15 is 0 Å². The van der Waals surface area contributed by atoms with Gasteiger partial charge in [-0.15, -0.1) is 0 Å². The lowest BCUT2D eigenvalue weighted by molar-refractivity contribution is -0.122. The molecule has 0 saturated carbocycles. The molecule has 2 aromatic rings. The van der Waals surface area contributed by atoms with Crippen molar-refractivity contribution in [2.24, 2.45) is 11.7 Å². The van der Waals surface area contributed by atoms with Crippen molar-refractivity contribution in [3.63, 3.8) is 0 Å². The number of anilines is 2. The SMILES string of the molecule is CCN(CC)S(=O)(=O)c1ccc(C(=O)Nc2ccc(N3CCCC(C(N)=O)C3)nc2)cc1. The number of nitrogens with zero attached hydrogens (tertiary/aromatic N) is 3. The zero-order valence-electron chi connectivity index (χ0n) is 18.3. The molecule has 1 aliphatic heterocycles. The van der Waals surface area contributed by atoms with Gasteiger partial charge in [-0.1, -0.05) is 13.8 Å². The number of nitrogens with two attached hydrogens (primary N) is 1. The number of hydrogen-bond donors (Lipinski definition) is 2. The van der Waals surface area contributed by atoms with Crippen molar-refractivity contribution in [3.05, 3.63) is 48.2 Å². The molecule has 1 saturated heterocycles. The zero-order valence-corrected chi connectivity index (χ0v) is 19.1. The van der Waals surface area contributed by atoms with Crippen molar-refractivity contribution in [2.75, 3.05) is 36.4 Å². The smallest absolute Gasteiger partial charge is 0.255 e. The Kier molecular flexibility index (Phi) is 7.47. The molecule has 0 spiro atoms. The molecule has 1 fully saturated rings. The number of piperidine rings is 1. The maximum Gasteiger partial charge on any atom is 0.255 e. The molecule has 2 amide bonds. The van der Waals surface area contributed by atoms with Gasteiger partial charge < -0.3 is 16.0 Å². The Morgan fingerprint density at radius 1 is 1.16 bits per heavy atom. The molecular weight excluding hydrogens is 430 g/mol. The van der Waals surface area contributed by atoms with Gasteiger partial charge in [0.1, 0.15) is 5.82 Å². The molecule has 3 rings (SSSR count). The number of aromatic nitrogens is 1. The van der Waals surface area contributed by atoms with Crippen LogP contribution in [0.15, 0.2) is 47.5 Å². The number of hydrogen-bond acceptors (Lipinski definition) is 6. The van der Waals surface area contributed by atoms with Gasteiger partial charge >= 0.3 is 0 Å². The molecule has 1 atom stereocenters. The van der Waals surface area contributed by atoms with Gasteiger partial charge in [0.25, 0.3) is 5.91 Å². The minimum atomic E-state index is -3.57. The van der Waals surface area contributed by atoms with E-state index in [0.717, 1.165) is 25.2 Å². The first kappa shape index (κ1) is 23.7. The lowest BCUT2D eigenvalue weighted by Crippen LogP contribution is -2.41. The Morgan fingerprint density at radius 3 is 2.41 bits per heavy atom. The fourth-order valence-electron chi connectivity index (χ4n) is 3.76. The van der Waals surface area contributed by atoms with Crippen LogP contribution in [0.25, 0.3) is 0 Å². The van der Waals surface area contributed by atoms with E-state index in [0.29, 0.717) is 30.9 Å². The Bertz CT molecular complexity index is 1050. The molecule has 32 heavy (non-hydrogen) atoms. The Hall–Kier alpha value is -2.98. The van der Waals surface area contributed by atoms with E-state index < -0.39 is 10.0 Å². The standard InChI is InChI=1S/C22H29N5O4S/c1-3-27(4-2)32(30,31)19-10-7-16(8-11-19)22(29)25-18-9-12-20(24-14-18)26-13-5-6-17(15-26)21(23)28/h7-12,14,17H,3-6,13,15H2,1-2H3,(H2,23,28)(H,25,29). The highest BCUT2D eigenvalue weighted by Gasteiger charge is 2.25. The maximum atomic E-state index is 12.6. The average molecular weight is 460 g/mol. The van der Waals surface area contributed by atoms with Crippen molar-refractivity contribution in [1.29, 1.82) is 0 Å². The van der Waals surface area contributed by atoms with E-state index in [-0.39, 0.29) is 22.6 Å². The van der Waals surface area contributed by atoms with Crippen molar-refractivity contribution in [1.82, 2.24) is 9.29 Å². The Morgan fingerprint density at radius 2 is 1.84 bits per heavy atom. The number of nitrogens with one attached hydrogen (secondary N) is 1. The topological polar surface area (TPSA) is 126 Å². The third kappa shape index (κ3) is 5.25. The molecule has 1 aliphatic rings. The predicted molar refractivity (Wildman–Crippen MR) is 123 cm³/mol. The van der Waals surface area contributed by atoms with Gasteiger partial charge in [-0.3, -0.25) is 9.59 Å². The van der Waals surface area contributed by atoms with Crippen LogP contribution in [-0.4, -0.2) is 55.7 Å². The highest BCUT2D eigenvalue weighted by atomic mass is 32.2. The highest BCUT2D eigenvalue weighted by Crippen LogP contribution is 2.23. The molecule has 3 N–H and O–H groups in total. The maximum absolute atomic E-state index is 12.6. The summed E-state index contributed by atoms with van der Waals surface area (Å²) >= 11 is 0. The number of pyridine rings is 1. The molecule has 1 aromatic carbocycles. The summed E-state index contributed by atoms with van der Waals surface area (Å²) in [7, 11) is -3.57. The van der Waals surface area contributed by atoms with E-state index in [4.69, 9.17) is 5.73 Å². The molecule has 1 aromatic heterocycles. The second-order valence-electron chi connectivity index (χ2n) is 7.66. The summed E-state index contributed by atoms with van der Waals surface area (Å²) in [6, 6.07) is 9.40. The molecule has 2 heterocycles. The second kappa shape index (κ2) is 10.1. The summed E-state index contributed by atoms with van der Waals surface area (Å²) in [6.45, 7) is 5.66. The first-order chi connectivity index (χ1) is 15.3. The van der Waals surface area contributed by atoms with E-state index in [2.05, 4.69) is 10.3 Å². The first-order valence-corrected chi connectivity index (χ1v) is 12.1. The molecular formula is C22H29N5O4S. The second-order valence-corrected chi connectivity index (χ2v) is 9.60. The molecule has 1 unspecified atom stereocenters. The van der Waals surface area contributed by atoms with Crippen LogP contribution < -0.4 is 16.0 Å². The van der Waals surface area contributed by atoms with E-state index in [1.807, 2.05) is 4.90 Å². The quantitative estimate of drug-likeness (QED) is 0.622. The minimum Gasteiger partial charge on any atom is -0.369 e. The number of carbonyl (C=O) groups excluding carboxylic acids is 2. The monoisotopic (exact) mass is 459 g/mol. The summed E-state index contributed by atoms with van der Waals surface area (Å²) in [4.78, 5) is 30.6. The molecule has 0 radical (unpaired) electrons. The van der Waals surface area contributed by atoms with Gasteiger partial charge in [0.15, 0.2) is 0 Å². The third-order valence-electron chi connectivity index (χ3n) is 5.61. The number of rotatable bonds is 8. The molecule has 0 aliphatic carbocycles. The Balaban J connectivity index is 1.65. The number of benzene rings is 1. The van der Waals surface area contributed by atoms with E-state index in [1.165, 1.54) is 28.6 Å². The number of carbonyl (C=O) groups is 2. The van der Waals surface area contributed by atoms with Crippen LogP contribution in [-0.2, 0) is 14.8 Å². The predicted octanol–water partition coefficient (Wildman–Crippen LogP) is 2.07. The van der Waals surface area contributed by atoms with Gasteiger partial charge in [-0.05, 0) is 49.2 Å². The molecule has 172 valence electrons. The summed E-state index contributed by atoms with van der Waals surface area (Å²) in [5.41, 5.74) is 6.29. The van der Waals surface area contributed by atoms with Crippen LogP contribution in [0.5, 0.6) is 0 Å². The van der Waals surface area contributed by atoms with Crippen LogP contribution in [0.1, 0.15) is 37.0 Å². The third-order valence-corrected chi connectivity index (χ3v) is 7.68. The van der Waals surface area contributed by atoms with Crippen molar-refractivity contribution in [2.45, 2.75) is 31.6 Å². The fourth-order valence-corrected chi connectivity index (χ4v) is 5.22. The minimum absolute atomic E-state index is 0.152. The summed E-state index contributed by atoms with van der Waals surface area (Å²) in [5, 5.41) is 2.76. The van der Waals surface area contributed by atoms with Crippen molar-refractivity contribution < 1.29 is 18.0 Å². The zero-order chi connectivity index (χ0) is 23.3. The first-order valence-electron chi connectivity index (χ1n) is 10.7. The van der Waals surface area contributed by atoms with Gasteiger partial charge in [0.2, 0.25) is 15.9 Å². The average Bonchev–Trinajstić information content (AvgIpc) is 2.80. The van der Waals surface area contributed by atoms with Gasteiger partial charge in [0.05, 0.1) is 22.7 Å². The Labute approximate surface area is 188 Å². The molecule has 9 nitrogen and oxygen atoms in total. The van der Waals surface area contributed by atoms with Crippen LogP contribution >= 0.6 is 0 Å². The number of primary amides is 1. The van der Waals surface area contributed by atoms with Gasteiger partial charge in [-0.2, -0.15) is 4.31 Å². The normalized spacial score (nSPS) is 16.7. The highest BCUT2D eigenvalue weighted by molar-refractivity contribution is 7.89. The van der Waals surface area contributed by atoms with Crippen LogP contribution in [0, 0.1) is 5.92 Å². The van der Waals surface area contributed by atoms with Crippen molar-refractivity contribution >= 4 is 33.3 Å². The summed E-state index contributed by atoms with van der Waals surface area (Å²) in [6.07, 6.45) is 3.21. The van der Waals surface area contributed by atoms with Crippen molar-refractivity contribution in [3.8, 4) is 0 Å². The van der Waals surface area contributed by atoms with E-state index in [1.54, 1.807) is 32.2 Å². The molecule has 10 heteroatoms. The van der Waals surface area contributed by atoms with E-state index in [9.17, 15) is 18.0 Å². The number of amides is 2. The summed E-state index contributed by atoms with van der Waals surface area (Å²) < 4.78 is 26.5. The lowest BCUT2D eigenvalue weighted by atomic mass is 9.97. The number of sulfonamides is 1. The van der Waals surface area contributed by atoms with Crippen LogP contribution in [0.2, 0.25) is 0 Å². The van der Waals surface area contributed by atoms with Gasteiger partial charge in [-0.25, -0.2) is 13.4 Å². The lowest BCUT2D eigenvalue weighted by Gasteiger charge is -2.32. The fraction of sp³-hybridized carbons (Fsp3) is 0.409. The summed E-state index contributed by atoms with van der Waals surface area (Å²) in [5.74, 6) is -0.119. The van der Waals surface area contributed by atoms with Gasteiger partial charge in [0, 0.05) is 31.7 Å². The molecule has 0 bridgehead atoms. The largest absolute Gasteiger partial charge is 0.369 e. The van der Waals surface area contributed by atoms with Crippen LogP contribution in [0.4, 0.5) is 11.5 Å².